The molecule has 2 aliphatic carbocycles. The molecule has 0 fully saturated rings. The highest BCUT2D eigenvalue weighted by atomic mass is 16.3. The molecule has 2 aliphatic rings. The molecule has 64 heavy (non-hydrogen) atoms. The summed E-state index contributed by atoms with van der Waals surface area (Å²) in [6.45, 7) is 0. The molecular formula is C63H36O. The van der Waals surface area contributed by atoms with Crippen LogP contribution < -0.4 is 0 Å². The van der Waals surface area contributed by atoms with E-state index in [4.69, 9.17) is 4.42 Å². The zero-order valence-electron chi connectivity index (χ0n) is 34.7. The molecule has 12 aromatic carbocycles. The van der Waals surface area contributed by atoms with Gasteiger partial charge in [-0.05, 0) is 163 Å². The second kappa shape index (κ2) is 12.4. The predicted molar refractivity (Wildman–Crippen MR) is 268 cm³/mol. The fourth-order valence-corrected chi connectivity index (χ4v) is 12.2. The lowest BCUT2D eigenvalue weighted by Crippen LogP contribution is -2.26. The largest absolute Gasteiger partial charge is 0.456 e. The van der Waals surface area contributed by atoms with Gasteiger partial charge in [0.05, 0.1) is 5.41 Å². The van der Waals surface area contributed by atoms with Crippen LogP contribution in [0.25, 0.3) is 120 Å². The fourth-order valence-electron chi connectivity index (χ4n) is 12.2. The second-order valence-corrected chi connectivity index (χ2v) is 17.8. The highest BCUT2D eigenvalue weighted by molar-refractivity contribution is 6.26. The molecule has 0 unspecified atom stereocenters. The highest BCUT2D eigenvalue weighted by Crippen LogP contribution is 2.65. The van der Waals surface area contributed by atoms with Gasteiger partial charge in [0.1, 0.15) is 11.2 Å². The first kappa shape index (κ1) is 34.3. The van der Waals surface area contributed by atoms with Crippen LogP contribution in [0.5, 0.6) is 0 Å². The summed E-state index contributed by atoms with van der Waals surface area (Å²) in [5.74, 6) is 0. The summed E-state index contributed by atoms with van der Waals surface area (Å²) < 4.78 is 6.51. The van der Waals surface area contributed by atoms with Crippen molar-refractivity contribution in [3.8, 4) is 44.5 Å². The summed E-state index contributed by atoms with van der Waals surface area (Å²) >= 11 is 0. The molecule has 1 heteroatoms. The van der Waals surface area contributed by atoms with Gasteiger partial charge >= 0.3 is 0 Å². The molecular weight excluding hydrogens is 773 g/mol. The van der Waals surface area contributed by atoms with Crippen LogP contribution in [0.4, 0.5) is 0 Å². The molecule has 0 radical (unpaired) electrons. The van der Waals surface area contributed by atoms with Crippen LogP contribution in [0.15, 0.2) is 223 Å². The highest BCUT2D eigenvalue weighted by Gasteiger charge is 2.52. The molecule has 0 amide bonds. The number of hydrogen-bond acceptors (Lipinski definition) is 1. The molecule has 15 rings (SSSR count). The van der Waals surface area contributed by atoms with E-state index in [0.717, 1.165) is 21.9 Å². The molecule has 13 aromatic rings. The zero-order chi connectivity index (χ0) is 41.7. The first-order chi connectivity index (χ1) is 31.7. The van der Waals surface area contributed by atoms with Crippen LogP contribution in [0.1, 0.15) is 22.3 Å². The van der Waals surface area contributed by atoms with E-state index < -0.39 is 5.41 Å². The topological polar surface area (TPSA) is 13.1 Å². The molecule has 294 valence electrons. The maximum absolute atomic E-state index is 6.51. The predicted octanol–water partition coefficient (Wildman–Crippen LogP) is 17.0. The van der Waals surface area contributed by atoms with Crippen molar-refractivity contribution in [2.45, 2.75) is 5.41 Å². The summed E-state index contributed by atoms with van der Waals surface area (Å²) in [5.41, 5.74) is 17.0. The lowest BCUT2D eigenvalue weighted by molar-refractivity contribution is 0.669. The normalized spacial score (nSPS) is 13.4. The number of rotatable bonds is 2. The van der Waals surface area contributed by atoms with E-state index in [1.807, 2.05) is 0 Å². The van der Waals surface area contributed by atoms with Gasteiger partial charge in [-0.25, -0.2) is 0 Å². The number of hydrogen-bond donors (Lipinski definition) is 0. The average Bonchev–Trinajstić information content (AvgIpc) is 3.96. The lowest BCUT2D eigenvalue weighted by Gasteiger charge is -2.31. The summed E-state index contributed by atoms with van der Waals surface area (Å²) in [6, 6.07) is 81.9. The maximum atomic E-state index is 6.51. The molecule has 0 N–H and O–H groups in total. The average molecular weight is 809 g/mol. The van der Waals surface area contributed by atoms with Crippen molar-refractivity contribution >= 4 is 75.8 Å². The molecule has 1 aromatic heterocycles. The molecule has 0 atom stereocenters. The Hall–Kier alpha value is -8.26. The van der Waals surface area contributed by atoms with Crippen molar-refractivity contribution in [3.05, 3.63) is 241 Å². The quantitative estimate of drug-likeness (QED) is 0.159. The minimum Gasteiger partial charge on any atom is -0.456 e. The first-order valence-electron chi connectivity index (χ1n) is 22.3. The standard InChI is InChI=1S/C63H36O/c1-3-17-39-34-56-53(32-38(39)16-1)62-45-22-6-5-19-42(45)52(36-57(62)63(56)54-27-13-11-20-43(54)44-21-12-14-28-55(44)63)61-48-25-9-7-23-46(48)60(47-24-8-10-26-49(47)61)41-29-30-58-50(33-41)51-31-37-15-2-4-18-40(37)35-59(51)64-58/h1-36H. The minimum atomic E-state index is -0.500. The van der Waals surface area contributed by atoms with Crippen molar-refractivity contribution in [1.82, 2.24) is 0 Å². The third kappa shape index (κ3) is 4.33. The molecule has 1 heterocycles. The summed E-state index contributed by atoms with van der Waals surface area (Å²) in [4.78, 5) is 0. The van der Waals surface area contributed by atoms with E-state index in [-0.39, 0.29) is 0 Å². The van der Waals surface area contributed by atoms with Crippen LogP contribution in [0, 0.1) is 0 Å². The van der Waals surface area contributed by atoms with E-state index in [0.29, 0.717) is 0 Å². The third-order valence-electron chi connectivity index (χ3n) is 14.8. The Morgan fingerprint density at radius 3 is 1.38 bits per heavy atom. The third-order valence-corrected chi connectivity index (χ3v) is 14.8. The fraction of sp³-hybridized carbons (Fsp3) is 0.0159. The Labute approximate surface area is 369 Å². The van der Waals surface area contributed by atoms with Gasteiger partial charge in [0.25, 0.3) is 0 Å². The Bertz CT molecular complexity index is 4100. The second-order valence-electron chi connectivity index (χ2n) is 17.8. The van der Waals surface area contributed by atoms with Gasteiger partial charge < -0.3 is 4.42 Å². The van der Waals surface area contributed by atoms with Gasteiger partial charge in [0.15, 0.2) is 0 Å². The van der Waals surface area contributed by atoms with Crippen LogP contribution in [0.2, 0.25) is 0 Å². The van der Waals surface area contributed by atoms with Crippen LogP contribution in [-0.4, -0.2) is 0 Å². The Morgan fingerprint density at radius 2 is 0.734 bits per heavy atom. The van der Waals surface area contributed by atoms with E-state index in [2.05, 4.69) is 218 Å². The Kier molecular flexibility index (Phi) is 6.67. The zero-order valence-corrected chi connectivity index (χ0v) is 34.7. The van der Waals surface area contributed by atoms with Crippen molar-refractivity contribution in [2.75, 3.05) is 0 Å². The smallest absolute Gasteiger partial charge is 0.136 e. The number of benzene rings is 12. The van der Waals surface area contributed by atoms with Crippen molar-refractivity contribution in [3.63, 3.8) is 0 Å². The van der Waals surface area contributed by atoms with Crippen molar-refractivity contribution < 1.29 is 4.42 Å². The van der Waals surface area contributed by atoms with Gasteiger partial charge in [-0.3, -0.25) is 0 Å². The molecule has 0 bridgehead atoms. The van der Waals surface area contributed by atoms with Crippen LogP contribution in [-0.2, 0) is 5.41 Å². The van der Waals surface area contributed by atoms with E-state index in [9.17, 15) is 0 Å². The summed E-state index contributed by atoms with van der Waals surface area (Å²) in [5, 5.41) is 14.7. The summed E-state index contributed by atoms with van der Waals surface area (Å²) in [6.07, 6.45) is 0. The van der Waals surface area contributed by atoms with Gasteiger partial charge in [-0.15, -0.1) is 0 Å². The first-order valence-corrected chi connectivity index (χ1v) is 22.3. The van der Waals surface area contributed by atoms with Gasteiger partial charge in [-0.1, -0.05) is 176 Å². The molecule has 0 saturated heterocycles. The van der Waals surface area contributed by atoms with E-state index in [1.165, 1.54) is 121 Å². The minimum absolute atomic E-state index is 0.500. The van der Waals surface area contributed by atoms with Gasteiger partial charge in [0.2, 0.25) is 0 Å². The lowest BCUT2D eigenvalue weighted by atomic mass is 9.69. The summed E-state index contributed by atoms with van der Waals surface area (Å²) in [7, 11) is 0. The maximum Gasteiger partial charge on any atom is 0.136 e. The van der Waals surface area contributed by atoms with E-state index >= 15 is 0 Å². The van der Waals surface area contributed by atoms with Crippen molar-refractivity contribution in [2.24, 2.45) is 0 Å². The molecule has 1 nitrogen and oxygen atoms in total. The Morgan fingerprint density at radius 1 is 0.250 bits per heavy atom. The van der Waals surface area contributed by atoms with Crippen molar-refractivity contribution in [1.29, 1.82) is 0 Å². The Balaban J connectivity index is 1.07. The van der Waals surface area contributed by atoms with E-state index in [1.54, 1.807) is 0 Å². The number of fused-ring (bicyclic) bond motifs is 19. The van der Waals surface area contributed by atoms with Gasteiger partial charge in [0, 0.05) is 10.8 Å². The van der Waals surface area contributed by atoms with Gasteiger partial charge in [-0.2, -0.15) is 0 Å². The molecule has 1 spiro atoms. The van der Waals surface area contributed by atoms with Crippen LogP contribution in [0.3, 0.4) is 0 Å². The monoisotopic (exact) mass is 808 g/mol. The SMILES string of the molecule is c1ccc2c(c1)-c1ccccc1C21c2cc3ccccc3cc2-c2c1cc(-c1c3ccccc3c(-c3ccc4oc5cc6ccccc6cc5c4c3)c3ccccc13)c1ccccc21. The van der Waals surface area contributed by atoms with Crippen LogP contribution >= 0.6 is 0 Å². The molecule has 0 aliphatic heterocycles. The number of furan rings is 1. The molecule has 0 saturated carbocycles.